The van der Waals surface area contributed by atoms with E-state index in [9.17, 15) is 4.79 Å². The summed E-state index contributed by atoms with van der Waals surface area (Å²) in [6.45, 7) is 1.50. The molecule has 0 bridgehead atoms. The summed E-state index contributed by atoms with van der Waals surface area (Å²) in [7, 11) is 0. The molecule has 5 nitrogen and oxygen atoms in total. The monoisotopic (exact) mass is 214 g/mol. The zero-order valence-electron chi connectivity index (χ0n) is 8.38. The number of aliphatic hydroxyl groups is 1. The van der Waals surface area contributed by atoms with Gasteiger partial charge in [0, 0.05) is 0 Å². The Morgan fingerprint density at radius 3 is 1.93 bits per heavy atom. The van der Waals surface area contributed by atoms with Crippen LogP contribution in [0, 0.1) is 0 Å². The minimum absolute atomic E-state index is 0.0764. The number of carbonyl (C=O) groups excluding carboxylic acids is 1. The van der Waals surface area contributed by atoms with Crippen molar-refractivity contribution < 1.29 is 24.9 Å². The van der Waals surface area contributed by atoms with E-state index in [0.29, 0.717) is 6.61 Å². The molecule has 0 heterocycles. The third-order valence-corrected chi connectivity index (χ3v) is 1.32. The van der Waals surface area contributed by atoms with Crippen LogP contribution < -0.4 is 0 Å². The van der Waals surface area contributed by atoms with Crippen LogP contribution in [-0.2, 0) is 9.53 Å². The lowest BCUT2D eigenvalue weighted by Gasteiger charge is -1.93. The van der Waals surface area contributed by atoms with Crippen LogP contribution in [-0.4, -0.2) is 34.5 Å². The fraction of sp³-hybridized carbons (Fsp3) is 0.300. The Labute approximate surface area is 87.6 Å². The van der Waals surface area contributed by atoms with Gasteiger partial charge in [-0.05, 0) is 19.1 Å². The first-order valence-electron chi connectivity index (χ1n) is 4.35. The van der Waals surface area contributed by atoms with Gasteiger partial charge in [0.2, 0.25) is 0 Å². The molecular formula is C10H14O5. The Kier molecular flexibility index (Phi) is 6.74. The minimum Gasteiger partial charge on any atom is -0.504 e. The van der Waals surface area contributed by atoms with E-state index in [-0.39, 0.29) is 11.5 Å². The number of hydrogen-bond donors (Lipinski definition) is 3. The quantitative estimate of drug-likeness (QED) is 0.496. The van der Waals surface area contributed by atoms with Crippen molar-refractivity contribution in [2.75, 3.05) is 13.2 Å². The normalized spacial score (nSPS) is 8.67. The molecule has 0 saturated heterocycles. The predicted octanol–water partition coefficient (Wildman–Crippen LogP) is 0.640. The van der Waals surface area contributed by atoms with E-state index in [1.54, 1.807) is 19.1 Å². The first-order chi connectivity index (χ1) is 7.11. The second-order valence-electron chi connectivity index (χ2n) is 2.45. The molecule has 0 aliphatic rings. The van der Waals surface area contributed by atoms with Crippen LogP contribution in [0.15, 0.2) is 24.3 Å². The van der Waals surface area contributed by atoms with Gasteiger partial charge in [-0.25, -0.2) is 4.79 Å². The second-order valence-corrected chi connectivity index (χ2v) is 2.45. The van der Waals surface area contributed by atoms with Crippen molar-refractivity contribution in [3.63, 3.8) is 0 Å². The molecule has 0 spiro atoms. The Hall–Kier alpha value is -1.75. The number of phenolic OH excluding ortho intramolecular Hbond substituents is 2. The fourth-order valence-electron chi connectivity index (χ4n) is 0.671. The predicted molar refractivity (Wildman–Crippen MR) is 53.5 cm³/mol. The number of aromatic hydroxyl groups is 2. The maximum atomic E-state index is 9.94. The zero-order valence-corrected chi connectivity index (χ0v) is 8.38. The van der Waals surface area contributed by atoms with Crippen molar-refractivity contribution in [3.05, 3.63) is 24.3 Å². The molecule has 0 unspecified atom stereocenters. The standard InChI is InChI=1S/C6H6O2.C4H8O3/c7-5-3-1-2-4-6(5)8;1-2-7-4(6)3-5/h1-4,7-8H;5H,2-3H2,1H3. The summed E-state index contributed by atoms with van der Waals surface area (Å²) in [4.78, 5) is 9.94. The van der Waals surface area contributed by atoms with Gasteiger partial charge in [0.25, 0.3) is 0 Å². The van der Waals surface area contributed by atoms with Gasteiger partial charge in [-0.3, -0.25) is 0 Å². The number of rotatable bonds is 2. The van der Waals surface area contributed by atoms with E-state index in [1.807, 2.05) is 0 Å². The highest BCUT2D eigenvalue weighted by Crippen LogP contribution is 2.21. The second kappa shape index (κ2) is 7.64. The van der Waals surface area contributed by atoms with Gasteiger partial charge in [-0.1, -0.05) is 12.1 Å². The number of ether oxygens (including phenoxy) is 1. The molecule has 0 fully saturated rings. The van der Waals surface area contributed by atoms with Gasteiger partial charge in [-0.15, -0.1) is 0 Å². The Morgan fingerprint density at radius 2 is 1.73 bits per heavy atom. The highest BCUT2D eigenvalue weighted by molar-refractivity contribution is 5.70. The van der Waals surface area contributed by atoms with Crippen molar-refractivity contribution in [2.45, 2.75) is 6.92 Å². The zero-order chi connectivity index (χ0) is 11.7. The van der Waals surface area contributed by atoms with Gasteiger partial charge in [0.1, 0.15) is 6.61 Å². The van der Waals surface area contributed by atoms with Gasteiger partial charge in [0.05, 0.1) is 6.61 Å². The van der Waals surface area contributed by atoms with Crippen molar-refractivity contribution in [2.24, 2.45) is 0 Å². The number of aliphatic hydroxyl groups excluding tert-OH is 1. The lowest BCUT2D eigenvalue weighted by Crippen LogP contribution is -2.07. The van der Waals surface area contributed by atoms with Crippen LogP contribution in [0.4, 0.5) is 0 Å². The van der Waals surface area contributed by atoms with Crippen LogP contribution in [0.2, 0.25) is 0 Å². The summed E-state index contributed by atoms with van der Waals surface area (Å²) in [5.74, 6) is -0.720. The molecular weight excluding hydrogens is 200 g/mol. The van der Waals surface area contributed by atoms with Crippen LogP contribution in [0.25, 0.3) is 0 Å². The van der Waals surface area contributed by atoms with Crippen molar-refractivity contribution >= 4 is 5.97 Å². The summed E-state index contributed by atoms with van der Waals surface area (Å²) in [5, 5.41) is 25.3. The highest BCUT2D eigenvalue weighted by atomic mass is 16.5. The largest absolute Gasteiger partial charge is 0.504 e. The smallest absolute Gasteiger partial charge is 0.331 e. The lowest BCUT2D eigenvalue weighted by molar-refractivity contribution is -0.146. The van der Waals surface area contributed by atoms with E-state index >= 15 is 0 Å². The molecule has 84 valence electrons. The van der Waals surface area contributed by atoms with E-state index in [0.717, 1.165) is 0 Å². The van der Waals surface area contributed by atoms with Crippen LogP contribution >= 0.6 is 0 Å². The molecule has 0 aliphatic carbocycles. The van der Waals surface area contributed by atoms with E-state index < -0.39 is 12.6 Å². The van der Waals surface area contributed by atoms with Crippen LogP contribution in [0.5, 0.6) is 11.5 Å². The third-order valence-electron chi connectivity index (χ3n) is 1.32. The fourth-order valence-corrected chi connectivity index (χ4v) is 0.671. The average molecular weight is 214 g/mol. The molecule has 0 radical (unpaired) electrons. The SMILES string of the molecule is CCOC(=O)CO.Oc1ccccc1O. The van der Waals surface area contributed by atoms with E-state index in [2.05, 4.69) is 4.74 Å². The summed E-state index contributed by atoms with van der Waals surface area (Å²) in [5.41, 5.74) is 0. The maximum absolute atomic E-state index is 9.94. The van der Waals surface area contributed by atoms with Gasteiger partial charge >= 0.3 is 5.97 Å². The number of para-hydroxylation sites is 2. The van der Waals surface area contributed by atoms with Crippen molar-refractivity contribution in [1.82, 2.24) is 0 Å². The van der Waals surface area contributed by atoms with Crippen LogP contribution in [0.3, 0.4) is 0 Å². The Morgan fingerprint density at radius 1 is 1.27 bits per heavy atom. The first-order valence-corrected chi connectivity index (χ1v) is 4.35. The number of carbonyl (C=O) groups is 1. The molecule has 3 N–H and O–H groups in total. The minimum atomic E-state index is -0.567. The summed E-state index contributed by atoms with van der Waals surface area (Å²) >= 11 is 0. The molecule has 5 heteroatoms. The summed E-state index contributed by atoms with van der Waals surface area (Å²) < 4.78 is 4.30. The van der Waals surface area contributed by atoms with Gasteiger partial charge in [-0.2, -0.15) is 0 Å². The molecule has 1 rings (SSSR count). The average Bonchev–Trinajstić information content (AvgIpc) is 2.24. The molecule has 0 aliphatic heterocycles. The third kappa shape index (κ3) is 6.34. The first kappa shape index (κ1) is 13.2. The van der Waals surface area contributed by atoms with Crippen molar-refractivity contribution in [3.8, 4) is 11.5 Å². The van der Waals surface area contributed by atoms with Crippen molar-refractivity contribution in [1.29, 1.82) is 0 Å². The Balaban J connectivity index is 0.000000265. The number of hydrogen-bond acceptors (Lipinski definition) is 5. The molecule has 0 aromatic heterocycles. The molecule has 0 amide bonds. The number of phenols is 2. The molecule has 0 atom stereocenters. The molecule has 1 aromatic carbocycles. The molecule has 15 heavy (non-hydrogen) atoms. The van der Waals surface area contributed by atoms with E-state index in [1.165, 1.54) is 12.1 Å². The topological polar surface area (TPSA) is 87.0 Å². The molecule has 0 saturated carbocycles. The maximum Gasteiger partial charge on any atom is 0.331 e. The van der Waals surface area contributed by atoms with Gasteiger partial charge < -0.3 is 20.1 Å². The highest BCUT2D eigenvalue weighted by Gasteiger charge is 1.92. The Bertz CT molecular complexity index is 277. The van der Waals surface area contributed by atoms with E-state index in [4.69, 9.17) is 15.3 Å². The van der Waals surface area contributed by atoms with Gasteiger partial charge in [0.15, 0.2) is 11.5 Å². The summed E-state index contributed by atoms with van der Waals surface area (Å²) in [6, 6.07) is 6.15. The number of esters is 1. The number of benzene rings is 1. The van der Waals surface area contributed by atoms with Crippen LogP contribution in [0.1, 0.15) is 6.92 Å². The summed E-state index contributed by atoms with van der Waals surface area (Å²) in [6.07, 6.45) is 0. The molecule has 1 aromatic rings. The lowest BCUT2D eigenvalue weighted by atomic mass is 10.3.